The number of piperidine rings is 1. The van der Waals surface area contributed by atoms with Crippen molar-refractivity contribution in [3.05, 3.63) is 47.3 Å². The molecule has 0 radical (unpaired) electrons. The Balaban J connectivity index is 1.73. The first-order chi connectivity index (χ1) is 12.5. The largest absolute Gasteiger partial charge is 0.352 e. The van der Waals surface area contributed by atoms with E-state index in [0.717, 1.165) is 31.9 Å². The number of hydrogen-bond donors (Lipinski definition) is 1. The molecule has 1 aliphatic heterocycles. The van der Waals surface area contributed by atoms with E-state index in [2.05, 4.69) is 27.3 Å². The number of amides is 1. The van der Waals surface area contributed by atoms with Crippen LogP contribution in [0.5, 0.6) is 0 Å². The van der Waals surface area contributed by atoms with Crippen molar-refractivity contribution >= 4 is 17.5 Å². The maximum Gasteiger partial charge on any atom is 0.259 e. The molecule has 3 rings (SSSR count). The number of anilines is 2. The quantitative estimate of drug-likeness (QED) is 0.836. The van der Waals surface area contributed by atoms with Crippen LogP contribution < -0.4 is 10.2 Å². The fourth-order valence-corrected chi connectivity index (χ4v) is 3.16. The van der Waals surface area contributed by atoms with Gasteiger partial charge < -0.3 is 10.2 Å². The van der Waals surface area contributed by atoms with Crippen molar-refractivity contribution in [1.82, 2.24) is 10.2 Å². The summed E-state index contributed by atoms with van der Waals surface area (Å²) < 4.78 is 39.9. The van der Waals surface area contributed by atoms with E-state index in [4.69, 9.17) is 0 Å². The molecule has 1 atom stereocenters. The Morgan fingerprint density at radius 3 is 2.65 bits per heavy atom. The fourth-order valence-electron chi connectivity index (χ4n) is 3.16. The SMILES string of the molecule is CCC1CCCCN1c1ccc(NC(=O)c2ccc(F)c(F)c2F)nn1. The van der Waals surface area contributed by atoms with Crippen LogP contribution in [0.15, 0.2) is 24.3 Å². The summed E-state index contributed by atoms with van der Waals surface area (Å²) in [5.74, 6) is -4.68. The molecule has 0 bridgehead atoms. The van der Waals surface area contributed by atoms with Crippen LogP contribution in [0.4, 0.5) is 24.8 Å². The Morgan fingerprint density at radius 2 is 1.96 bits per heavy atom. The molecule has 1 N–H and O–H groups in total. The van der Waals surface area contributed by atoms with Crippen molar-refractivity contribution in [2.75, 3.05) is 16.8 Å². The minimum absolute atomic E-state index is 0.105. The van der Waals surface area contributed by atoms with Crippen molar-refractivity contribution in [3.63, 3.8) is 0 Å². The van der Waals surface area contributed by atoms with Crippen molar-refractivity contribution in [1.29, 1.82) is 0 Å². The van der Waals surface area contributed by atoms with E-state index in [9.17, 15) is 18.0 Å². The fraction of sp³-hybridized carbons (Fsp3) is 0.389. The molecule has 26 heavy (non-hydrogen) atoms. The molecule has 1 aliphatic rings. The number of benzene rings is 1. The van der Waals surface area contributed by atoms with Crippen LogP contribution in [-0.2, 0) is 0 Å². The number of carbonyl (C=O) groups is 1. The van der Waals surface area contributed by atoms with E-state index in [1.165, 1.54) is 6.42 Å². The molecular weight excluding hydrogens is 345 g/mol. The zero-order valence-electron chi connectivity index (χ0n) is 14.3. The number of rotatable bonds is 4. The normalized spacial score (nSPS) is 17.2. The second-order valence-corrected chi connectivity index (χ2v) is 6.21. The van der Waals surface area contributed by atoms with Crippen LogP contribution in [0.2, 0.25) is 0 Å². The molecule has 2 aromatic rings. The number of carbonyl (C=O) groups excluding carboxylic acids is 1. The molecule has 138 valence electrons. The first kappa shape index (κ1) is 18.2. The zero-order valence-corrected chi connectivity index (χ0v) is 14.3. The van der Waals surface area contributed by atoms with Crippen LogP contribution in [0, 0.1) is 17.5 Å². The second kappa shape index (κ2) is 7.72. The third kappa shape index (κ3) is 3.63. The molecule has 0 aliphatic carbocycles. The summed E-state index contributed by atoms with van der Waals surface area (Å²) in [7, 11) is 0. The molecular formula is C18H19F3N4O. The van der Waals surface area contributed by atoms with Gasteiger partial charge in [-0.15, -0.1) is 10.2 Å². The van der Waals surface area contributed by atoms with Gasteiger partial charge in [0.25, 0.3) is 5.91 Å². The number of aromatic nitrogens is 2. The highest BCUT2D eigenvalue weighted by Gasteiger charge is 2.23. The molecule has 0 spiro atoms. The Bertz CT molecular complexity index is 798. The van der Waals surface area contributed by atoms with Gasteiger partial charge >= 0.3 is 0 Å². The van der Waals surface area contributed by atoms with Crippen LogP contribution in [-0.4, -0.2) is 28.7 Å². The molecule has 5 nitrogen and oxygen atoms in total. The van der Waals surface area contributed by atoms with Gasteiger partial charge in [-0.2, -0.15) is 0 Å². The summed E-state index contributed by atoms with van der Waals surface area (Å²) >= 11 is 0. The average molecular weight is 364 g/mol. The number of halogens is 3. The lowest BCUT2D eigenvalue weighted by Crippen LogP contribution is -2.39. The number of hydrogen-bond acceptors (Lipinski definition) is 4. The highest BCUT2D eigenvalue weighted by atomic mass is 19.2. The lowest BCUT2D eigenvalue weighted by atomic mass is 10.0. The van der Waals surface area contributed by atoms with Gasteiger partial charge in [0.05, 0.1) is 5.56 Å². The van der Waals surface area contributed by atoms with E-state index in [-0.39, 0.29) is 5.82 Å². The lowest BCUT2D eigenvalue weighted by molar-refractivity contribution is 0.102. The highest BCUT2D eigenvalue weighted by molar-refractivity contribution is 6.03. The van der Waals surface area contributed by atoms with Gasteiger partial charge in [0.2, 0.25) is 0 Å². The predicted molar refractivity (Wildman–Crippen MR) is 91.6 cm³/mol. The van der Waals surface area contributed by atoms with Crippen molar-refractivity contribution in [3.8, 4) is 0 Å². The summed E-state index contributed by atoms with van der Waals surface area (Å²) in [6.07, 6.45) is 4.39. The number of nitrogens with one attached hydrogen (secondary N) is 1. The average Bonchev–Trinajstić information content (AvgIpc) is 2.66. The predicted octanol–water partition coefficient (Wildman–Crippen LogP) is 3.92. The Hall–Kier alpha value is -2.64. The molecule has 8 heteroatoms. The zero-order chi connectivity index (χ0) is 18.7. The van der Waals surface area contributed by atoms with E-state index in [0.29, 0.717) is 17.9 Å². The highest BCUT2D eigenvalue weighted by Crippen LogP contribution is 2.25. The Morgan fingerprint density at radius 1 is 1.15 bits per heavy atom. The smallest absolute Gasteiger partial charge is 0.259 e. The minimum atomic E-state index is -1.69. The van der Waals surface area contributed by atoms with E-state index in [1.54, 1.807) is 12.1 Å². The van der Waals surface area contributed by atoms with Crippen LogP contribution in [0.1, 0.15) is 43.0 Å². The Kier molecular flexibility index (Phi) is 5.39. The van der Waals surface area contributed by atoms with Gasteiger partial charge in [0, 0.05) is 12.6 Å². The van der Waals surface area contributed by atoms with Crippen molar-refractivity contribution in [2.45, 2.75) is 38.6 Å². The Labute approximate surface area is 149 Å². The maximum atomic E-state index is 13.7. The van der Waals surface area contributed by atoms with Gasteiger partial charge in [0.15, 0.2) is 29.1 Å². The third-order valence-corrected chi connectivity index (χ3v) is 4.56. The van der Waals surface area contributed by atoms with Gasteiger partial charge in [-0.3, -0.25) is 4.79 Å². The standard InChI is InChI=1S/C18H19F3N4O/c1-2-11-5-3-4-10-25(11)15-9-8-14(23-24-15)22-18(26)12-6-7-13(19)17(21)16(12)20/h6-9,11H,2-5,10H2,1H3,(H,22,23,26). The van der Waals surface area contributed by atoms with Crippen molar-refractivity contribution < 1.29 is 18.0 Å². The molecule has 2 heterocycles. The molecule has 1 aromatic heterocycles. The molecule has 1 amide bonds. The van der Waals surface area contributed by atoms with Gasteiger partial charge in [-0.1, -0.05) is 6.92 Å². The first-order valence-corrected chi connectivity index (χ1v) is 8.56. The van der Waals surface area contributed by atoms with Gasteiger partial charge in [0.1, 0.15) is 0 Å². The summed E-state index contributed by atoms with van der Waals surface area (Å²) in [4.78, 5) is 14.3. The monoisotopic (exact) mass is 364 g/mol. The van der Waals surface area contributed by atoms with Gasteiger partial charge in [-0.05, 0) is 49.9 Å². The topological polar surface area (TPSA) is 58.1 Å². The minimum Gasteiger partial charge on any atom is -0.352 e. The third-order valence-electron chi connectivity index (χ3n) is 4.56. The van der Waals surface area contributed by atoms with E-state index in [1.807, 2.05) is 0 Å². The summed E-state index contributed by atoms with van der Waals surface area (Å²) in [5, 5.41) is 10.4. The summed E-state index contributed by atoms with van der Waals surface area (Å²) in [5.41, 5.74) is -0.600. The van der Waals surface area contributed by atoms with Crippen LogP contribution >= 0.6 is 0 Å². The maximum absolute atomic E-state index is 13.7. The molecule has 1 fully saturated rings. The number of nitrogens with zero attached hydrogens (tertiary/aromatic N) is 3. The molecule has 1 unspecified atom stereocenters. The van der Waals surface area contributed by atoms with Crippen molar-refractivity contribution in [2.24, 2.45) is 0 Å². The van der Waals surface area contributed by atoms with Crippen LogP contribution in [0.3, 0.4) is 0 Å². The van der Waals surface area contributed by atoms with Gasteiger partial charge in [-0.25, -0.2) is 13.2 Å². The van der Waals surface area contributed by atoms with E-state index >= 15 is 0 Å². The summed E-state index contributed by atoms with van der Waals surface area (Å²) in [6.45, 7) is 3.03. The molecule has 0 saturated carbocycles. The second-order valence-electron chi connectivity index (χ2n) is 6.21. The van der Waals surface area contributed by atoms with Crippen LogP contribution in [0.25, 0.3) is 0 Å². The molecule has 1 saturated heterocycles. The lowest BCUT2D eigenvalue weighted by Gasteiger charge is -2.35. The molecule has 1 aromatic carbocycles. The van der Waals surface area contributed by atoms with E-state index < -0.39 is 28.9 Å². The first-order valence-electron chi connectivity index (χ1n) is 8.56. The summed E-state index contributed by atoms with van der Waals surface area (Å²) in [6, 6.07) is 5.28.